The van der Waals surface area contributed by atoms with E-state index in [4.69, 9.17) is 4.74 Å². The summed E-state index contributed by atoms with van der Waals surface area (Å²) in [5.74, 6) is -0.862. The van der Waals surface area contributed by atoms with Crippen LogP contribution in [0.5, 0.6) is 5.75 Å². The Morgan fingerprint density at radius 2 is 1.37 bits per heavy atom. The van der Waals surface area contributed by atoms with Crippen LogP contribution in [-0.2, 0) is 4.79 Å². The summed E-state index contributed by atoms with van der Waals surface area (Å²) in [7, 11) is 0. The number of benzene rings is 3. The van der Waals surface area contributed by atoms with Crippen LogP contribution in [-0.4, -0.2) is 24.1 Å². The van der Waals surface area contributed by atoms with Crippen LogP contribution in [0.4, 0.5) is 5.69 Å². The number of hydrogen-bond acceptors (Lipinski definition) is 4. The molecular weight excluding hydrogens is 342 g/mol. The molecule has 132 valence electrons. The van der Waals surface area contributed by atoms with Crippen molar-refractivity contribution in [1.82, 2.24) is 0 Å². The van der Waals surface area contributed by atoms with Crippen molar-refractivity contribution in [1.29, 1.82) is 0 Å². The van der Waals surface area contributed by atoms with Gasteiger partial charge in [0, 0.05) is 16.8 Å². The van der Waals surface area contributed by atoms with E-state index in [1.807, 2.05) is 30.3 Å². The molecule has 0 aliphatic heterocycles. The van der Waals surface area contributed by atoms with Gasteiger partial charge in [-0.15, -0.1) is 0 Å². The summed E-state index contributed by atoms with van der Waals surface area (Å²) >= 11 is 0. The van der Waals surface area contributed by atoms with E-state index < -0.39 is 11.6 Å². The predicted octanol–water partition coefficient (Wildman–Crippen LogP) is 3.75. The van der Waals surface area contributed by atoms with Crippen molar-refractivity contribution < 1.29 is 19.1 Å². The van der Waals surface area contributed by atoms with Crippen LogP contribution in [0.25, 0.3) is 11.1 Å². The van der Waals surface area contributed by atoms with Gasteiger partial charge in [-0.25, -0.2) is 0 Å². The van der Waals surface area contributed by atoms with E-state index in [1.54, 1.807) is 36.4 Å². The Kier molecular flexibility index (Phi) is 4.26. The third-order valence-corrected chi connectivity index (χ3v) is 4.33. The Balaban J connectivity index is 1.54. The van der Waals surface area contributed by atoms with Gasteiger partial charge < -0.3 is 10.1 Å². The zero-order valence-corrected chi connectivity index (χ0v) is 14.3. The minimum atomic E-state index is -0.569. The number of rotatable bonds is 4. The fraction of sp³-hybridized carbons (Fsp3) is 0.0455. The van der Waals surface area contributed by atoms with Gasteiger partial charge in [-0.05, 0) is 35.4 Å². The molecule has 0 bridgehead atoms. The van der Waals surface area contributed by atoms with E-state index in [1.165, 1.54) is 6.07 Å². The molecule has 0 aromatic heterocycles. The van der Waals surface area contributed by atoms with E-state index in [0.29, 0.717) is 28.1 Å². The number of nitrogens with one attached hydrogen (secondary N) is 1. The number of carbonyl (C=O) groups is 3. The third kappa shape index (κ3) is 3.22. The maximum Gasteiger partial charge on any atom is 0.262 e. The SMILES string of the molecule is O=C(COc1ccccc1)Nc1ccc2c(c1)C(=O)C(=O)c1ccccc1-2. The largest absolute Gasteiger partial charge is 0.484 e. The van der Waals surface area contributed by atoms with Crippen LogP contribution in [0, 0.1) is 0 Å². The highest BCUT2D eigenvalue weighted by Gasteiger charge is 2.30. The van der Waals surface area contributed by atoms with Gasteiger partial charge in [-0.1, -0.05) is 48.5 Å². The molecule has 0 spiro atoms. The second-order valence-corrected chi connectivity index (χ2v) is 6.11. The Morgan fingerprint density at radius 1 is 0.741 bits per heavy atom. The van der Waals surface area contributed by atoms with Crippen LogP contribution in [0.2, 0.25) is 0 Å². The van der Waals surface area contributed by atoms with Crippen molar-refractivity contribution in [2.75, 3.05) is 11.9 Å². The molecule has 0 unspecified atom stereocenters. The Bertz CT molecular complexity index is 1060. The molecule has 27 heavy (non-hydrogen) atoms. The summed E-state index contributed by atoms with van der Waals surface area (Å²) in [6.07, 6.45) is 0. The molecule has 1 N–H and O–H groups in total. The lowest BCUT2D eigenvalue weighted by Gasteiger charge is -2.18. The third-order valence-electron chi connectivity index (χ3n) is 4.33. The van der Waals surface area contributed by atoms with Gasteiger partial charge in [0.1, 0.15) is 5.75 Å². The fourth-order valence-electron chi connectivity index (χ4n) is 3.07. The standard InChI is InChI=1S/C22H15NO4/c24-20(13-27-15-6-2-1-3-7-15)23-14-10-11-17-16-8-4-5-9-18(16)21(25)22(26)19(17)12-14/h1-12H,13H2,(H,23,24). The van der Waals surface area contributed by atoms with Gasteiger partial charge >= 0.3 is 0 Å². The van der Waals surface area contributed by atoms with E-state index in [0.717, 1.165) is 5.56 Å². The van der Waals surface area contributed by atoms with Crippen LogP contribution >= 0.6 is 0 Å². The Hall–Kier alpha value is -3.73. The molecule has 0 heterocycles. The maximum atomic E-state index is 12.4. The number of para-hydroxylation sites is 1. The second-order valence-electron chi connectivity index (χ2n) is 6.11. The van der Waals surface area contributed by atoms with Crippen LogP contribution in [0.15, 0.2) is 72.8 Å². The van der Waals surface area contributed by atoms with Crippen molar-refractivity contribution in [3.63, 3.8) is 0 Å². The molecule has 0 atom stereocenters. The maximum absolute atomic E-state index is 12.4. The van der Waals surface area contributed by atoms with E-state index >= 15 is 0 Å². The van der Waals surface area contributed by atoms with Gasteiger partial charge in [-0.2, -0.15) is 0 Å². The first-order valence-corrected chi connectivity index (χ1v) is 8.43. The molecule has 1 aliphatic carbocycles. The monoisotopic (exact) mass is 357 g/mol. The lowest BCUT2D eigenvalue weighted by Crippen LogP contribution is -2.23. The van der Waals surface area contributed by atoms with E-state index in [9.17, 15) is 14.4 Å². The number of carbonyl (C=O) groups excluding carboxylic acids is 3. The van der Waals surface area contributed by atoms with Crippen LogP contribution in [0.1, 0.15) is 20.7 Å². The summed E-state index contributed by atoms with van der Waals surface area (Å²) in [6.45, 7) is -0.156. The van der Waals surface area contributed by atoms with Gasteiger partial charge in [0.2, 0.25) is 11.6 Å². The zero-order chi connectivity index (χ0) is 18.8. The number of ketones is 2. The minimum Gasteiger partial charge on any atom is -0.484 e. The summed E-state index contributed by atoms with van der Waals surface area (Å²) in [5, 5.41) is 2.69. The predicted molar refractivity (Wildman–Crippen MR) is 101 cm³/mol. The average molecular weight is 357 g/mol. The lowest BCUT2D eigenvalue weighted by molar-refractivity contribution is -0.118. The highest BCUT2D eigenvalue weighted by molar-refractivity contribution is 6.53. The number of ether oxygens (including phenoxy) is 1. The number of fused-ring (bicyclic) bond motifs is 3. The molecule has 5 heteroatoms. The molecule has 0 radical (unpaired) electrons. The Morgan fingerprint density at radius 3 is 2.15 bits per heavy atom. The normalized spacial score (nSPS) is 12.1. The van der Waals surface area contributed by atoms with Gasteiger partial charge in [0.25, 0.3) is 5.91 Å². The summed E-state index contributed by atoms with van der Waals surface area (Å²) in [4.78, 5) is 36.9. The number of hydrogen-bond donors (Lipinski definition) is 1. The topological polar surface area (TPSA) is 72.5 Å². The molecule has 4 rings (SSSR count). The van der Waals surface area contributed by atoms with Crippen molar-refractivity contribution in [2.45, 2.75) is 0 Å². The second kappa shape index (κ2) is 6.88. The molecule has 1 aliphatic rings. The first-order chi connectivity index (χ1) is 13.1. The van der Waals surface area contributed by atoms with E-state index in [2.05, 4.69) is 5.32 Å². The van der Waals surface area contributed by atoms with Gasteiger partial charge in [0.15, 0.2) is 6.61 Å². The van der Waals surface area contributed by atoms with Crippen molar-refractivity contribution in [3.8, 4) is 16.9 Å². The fourth-order valence-corrected chi connectivity index (χ4v) is 3.07. The lowest BCUT2D eigenvalue weighted by atomic mass is 9.84. The summed E-state index contributed by atoms with van der Waals surface area (Å²) in [5.41, 5.74) is 2.55. The molecule has 1 amide bonds. The summed E-state index contributed by atoms with van der Waals surface area (Å²) in [6, 6.07) is 21.0. The van der Waals surface area contributed by atoms with E-state index in [-0.39, 0.29) is 12.5 Å². The van der Waals surface area contributed by atoms with Crippen molar-refractivity contribution in [2.24, 2.45) is 0 Å². The molecule has 0 saturated carbocycles. The molecule has 3 aromatic carbocycles. The van der Waals surface area contributed by atoms with Crippen LogP contribution < -0.4 is 10.1 Å². The zero-order valence-electron chi connectivity index (χ0n) is 14.3. The highest BCUT2D eigenvalue weighted by atomic mass is 16.5. The first-order valence-electron chi connectivity index (χ1n) is 8.43. The van der Waals surface area contributed by atoms with Crippen molar-refractivity contribution >= 4 is 23.2 Å². The molecule has 0 saturated heterocycles. The molecule has 3 aromatic rings. The quantitative estimate of drug-likeness (QED) is 0.722. The number of amides is 1. The molecule has 0 fully saturated rings. The Labute approximate surface area is 155 Å². The molecule has 5 nitrogen and oxygen atoms in total. The number of anilines is 1. The highest BCUT2D eigenvalue weighted by Crippen LogP contribution is 2.34. The summed E-state index contributed by atoms with van der Waals surface area (Å²) < 4.78 is 5.40. The van der Waals surface area contributed by atoms with Gasteiger partial charge in [0.05, 0.1) is 0 Å². The van der Waals surface area contributed by atoms with Gasteiger partial charge in [-0.3, -0.25) is 14.4 Å². The van der Waals surface area contributed by atoms with Crippen LogP contribution in [0.3, 0.4) is 0 Å². The first kappa shape index (κ1) is 16.7. The molecular formula is C22H15NO4. The van der Waals surface area contributed by atoms with Crippen molar-refractivity contribution in [3.05, 3.63) is 83.9 Å². The average Bonchev–Trinajstić information content (AvgIpc) is 2.71. The smallest absolute Gasteiger partial charge is 0.262 e. The minimum absolute atomic E-state index is 0.156. The number of Topliss-reactive ketones (excluding diaryl/α,β-unsaturated/α-hetero) is 2.